The van der Waals surface area contributed by atoms with E-state index in [9.17, 15) is 0 Å². The summed E-state index contributed by atoms with van der Waals surface area (Å²) in [4.78, 5) is 0. The van der Waals surface area contributed by atoms with Crippen molar-refractivity contribution >= 4 is 35.6 Å². The predicted molar refractivity (Wildman–Crippen MR) is 85.8 cm³/mol. The van der Waals surface area contributed by atoms with Crippen LogP contribution in [0.2, 0.25) is 10.0 Å². The van der Waals surface area contributed by atoms with Gasteiger partial charge in [0.25, 0.3) is 0 Å². The van der Waals surface area contributed by atoms with E-state index in [0.29, 0.717) is 10.0 Å². The summed E-state index contributed by atoms with van der Waals surface area (Å²) in [6, 6.07) is 5.70. The number of benzene rings is 1. The molecule has 0 atom stereocenters. The monoisotopic (exact) mass is 325 g/mol. The molecule has 0 heterocycles. The maximum Gasteiger partial charge on any atom is 0.0637 e. The fraction of sp³-hybridized carbons (Fsp3) is 0.571. The standard InChI is InChI=1S/C14H21Cl2NO.ClH/c1-2-3-9-18-10-5-8-17-11-12-6-4-7-13(15)14(12)16;/h4,6-7,17H,2-3,5,8-11H2,1H3;1H. The Hall–Kier alpha value is 0.01000. The number of unbranched alkanes of at least 4 members (excludes halogenated alkanes) is 1. The van der Waals surface area contributed by atoms with Crippen LogP contribution in [0.15, 0.2) is 18.2 Å². The van der Waals surface area contributed by atoms with Crippen molar-refractivity contribution in [3.8, 4) is 0 Å². The molecule has 0 unspecified atom stereocenters. The van der Waals surface area contributed by atoms with Gasteiger partial charge in [-0.2, -0.15) is 0 Å². The van der Waals surface area contributed by atoms with Gasteiger partial charge in [-0.25, -0.2) is 0 Å². The van der Waals surface area contributed by atoms with Gasteiger partial charge in [-0.15, -0.1) is 12.4 Å². The van der Waals surface area contributed by atoms with Crippen LogP contribution in [-0.4, -0.2) is 19.8 Å². The summed E-state index contributed by atoms with van der Waals surface area (Å²) in [5.74, 6) is 0. The van der Waals surface area contributed by atoms with Crippen molar-refractivity contribution in [2.24, 2.45) is 0 Å². The molecular formula is C14H22Cl3NO. The van der Waals surface area contributed by atoms with E-state index in [2.05, 4.69) is 12.2 Å². The molecule has 0 fully saturated rings. The zero-order valence-corrected chi connectivity index (χ0v) is 13.6. The van der Waals surface area contributed by atoms with Crippen LogP contribution >= 0.6 is 35.6 Å². The van der Waals surface area contributed by atoms with Gasteiger partial charge in [0, 0.05) is 19.8 Å². The quantitative estimate of drug-likeness (QED) is 0.663. The van der Waals surface area contributed by atoms with Gasteiger partial charge in [-0.1, -0.05) is 48.7 Å². The smallest absolute Gasteiger partial charge is 0.0637 e. The zero-order valence-electron chi connectivity index (χ0n) is 11.3. The van der Waals surface area contributed by atoms with Crippen LogP contribution in [-0.2, 0) is 11.3 Å². The third-order valence-electron chi connectivity index (χ3n) is 2.63. The Morgan fingerprint density at radius 1 is 1.16 bits per heavy atom. The second-order valence-corrected chi connectivity index (χ2v) is 4.99. The highest BCUT2D eigenvalue weighted by molar-refractivity contribution is 6.42. The molecule has 1 N–H and O–H groups in total. The van der Waals surface area contributed by atoms with Gasteiger partial charge in [0.05, 0.1) is 10.0 Å². The minimum Gasteiger partial charge on any atom is -0.381 e. The van der Waals surface area contributed by atoms with Crippen molar-refractivity contribution in [1.82, 2.24) is 5.32 Å². The molecule has 0 aromatic heterocycles. The minimum atomic E-state index is 0. The molecule has 0 saturated heterocycles. The molecule has 0 amide bonds. The molecule has 1 aromatic carbocycles. The fourth-order valence-electron chi connectivity index (χ4n) is 1.56. The Labute approximate surface area is 132 Å². The third-order valence-corrected chi connectivity index (χ3v) is 3.49. The first-order valence-corrected chi connectivity index (χ1v) is 7.22. The molecule has 0 aliphatic heterocycles. The van der Waals surface area contributed by atoms with E-state index in [1.54, 1.807) is 6.07 Å². The van der Waals surface area contributed by atoms with Gasteiger partial charge in [0.2, 0.25) is 0 Å². The van der Waals surface area contributed by atoms with Crippen molar-refractivity contribution in [1.29, 1.82) is 0 Å². The van der Waals surface area contributed by atoms with Crippen LogP contribution < -0.4 is 5.32 Å². The van der Waals surface area contributed by atoms with E-state index in [4.69, 9.17) is 27.9 Å². The second kappa shape index (κ2) is 11.8. The lowest BCUT2D eigenvalue weighted by molar-refractivity contribution is 0.129. The fourth-order valence-corrected chi connectivity index (χ4v) is 1.94. The van der Waals surface area contributed by atoms with Crippen LogP contribution in [0, 0.1) is 0 Å². The average molecular weight is 327 g/mol. The van der Waals surface area contributed by atoms with Gasteiger partial charge in [0.15, 0.2) is 0 Å². The summed E-state index contributed by atoms with van der Waals surface area (Å²) in [6.07, 6.45) is 3.35. The van der Waals surface area contributed by atoms with E-state index in [0.717, 1.165) is 44.7 Å². The SMILES string of the molecule is CCCCOCCCNCc1cccc(Cl)c1Cl.Cl. The number of hydrogen-bond donors (Lipinski definition) is 1. The molecule has 0 aliphatic rings. The predicted octanol–water partition coefficient (Wildman–Crippen LogP) is 4.71. The Balaban J connectivity index is 0.00000324. The zero-order chi connectivity index (χ0) is 13.2. The molecule has 0 radical (unpaired) electrons. The average Bonchev–Trinajstić information content (AvgIpc) is 2.37. The summed E-state index contributed by atoms with van der Waals surface area (Å²) < 4.78 is 5.48. The molecule has 1 aromatic rings. The molecule has 2 nitrogen and oxygen atoms in total. The van der Waals surface area contributed by atoms with E-state index >= 15 is 0 Å². The summed E-state index contributed by atoms with van der Waals surface area (Å²) >= 11 is 12.0. The van der Waals surface area contributed by atoms with Gasteiger partial charge in [-0.05, 0) is 31.0 Å². The highest BCUT2D eigenvalue weighted by Gasteiger charge is 2.03. The summed E-state index contributed by atoms with van der Waals surface area (Å²) in [7, 11) is 0. The van der Waals surface area contributed by atoms with E-state index in [1.165, 1.54) is 6.42 Å². The maximum absolute atomic E-state index is 6.09. The van der Waals surface area contributed by atoms with Crippen LogP contribution in [0.4, 0.5) is 0 Å². The Bertz CT molecular complexity index is 347. The van der Waals surface area contributed by atoms with Crippen LogP contribution in [0.25, 0.3) is 0 Å². The first-order chi connectivity index (χ1) is 8.75. The third kappa shape index (κ3) is 8.01. The maximum atomic E-state index is 6.09. The van der Waals surface area contributed by atoms with Crippen molar-refractivity contribution in [2.75, 3.05) is 19.8 Å². The Morgan fingerprint density at radius 3 is 2.63 bits per heavy atom. The van der Waals surface area contributed by atoms with E-state index < -0.39 is 0 Å². The summed E-state index contributed by atoms with van der Waals surface area (Å²) in [6.45, 7) is 5.52. The molecule has 110 valence electrons. The molecule has 0 bridgehead atoms. The number of halogens is 3. The molecule has 0 spiro atoms. The summed E-state index contributed by atoms with van der Waals surface area (Å²) in [5.41, 5.74) is 1.04. The van der Waals surface area contributed by atoms with E-state index in [-0.39, 0.29) is 12.4 Å². The van der Waals surface area contributed by atoms with Crippen LogP contribution in [0.5, 0.6) is 0 Å². The highest BCUT2D eigenvalue weighted by atomic mass is 35.5. The first kappa shape index (κ1) is 19.0. The van der Waals surface area contributed by atoms with Crippen molar-refractivity contribution < 1.29 is 4.74 Å². The molecule has 5 heteroatoms. The van der Waals surface area contributed by atoms with Gasteiger partial charge >= 0.3 is 0 Å². The highest BCUT2D eigenvalue weighted by Crippen LogP contribution is 2.25. The number of ether oxygens (including phenoxy) is 1. The number of rotatable bonds is 9. The second-order valence-electron chi connectivity index (χ2n) is 4.21. The van der Waals surface area contributed by atoms with Crippen molar-refractivity contribution in [3.05, 3.63) is 33.8 Å². The molecule has 1 rings (SSSR count). The lowest BCUT2D eigenvalue weighted by atomic mass is 10.2. The van der Waals surface area contributed by atoms with Crippen molar-refractivity contribution in [3.63, 3.8) is 0 Å². The van der Waals surface area contributed by atoms with Crippen LogP contribution in [0.3, 0.4) is 0 Å². The van der Waals surface area contributed by atoms with Gasteiger partial charge < -0.3 is 10.1 Å². The van der Waals surface area contributed by atoms with Crippen LogP contribution in [0.1, 0.15) is 31.7 Å². The van der Waals surface area contributed by atoms with Gasteiger partial charge in [-0.3, -0.25) is 0 Å². The van der Waals surface area contributed by atoms with E-state index in [1.807, 2.05) is 12.1 Å². The largest absolute Gasteiger partial charge is 0.381 e. The first-order valence-electron chi connectivity index (χ1n) is 6.47. The Morgan fingerprint density at radius 2 is 1.89 bits per heavy atom. The number of hydrogen-bond acceptors (Lipinski definition) is 2. The topological polar surface area (TPSA) is 21.3 Å². The summed E-state index contributed by atoms with van der Waals surface area (Å²) in [5, 5.41) is 4.59. The number of nitrogens with one attached hydrogen (secondary N) is 1. The van der Waals surface area contributed by atoms with Crippen molar-refractivity contribution in [2.45, 2.75) is 32.7 Å². The lowest BCUT2D eigenvalue weighted by Gasteiger charge is -2.08. The normalized spacial score (nSPS) is 10.3. The minimum absolute atomic E-state index is 0. The molecule has 19 heavy (non-hydrogen) atoms. The Kier molecular flexibility index (Phi) is 11.8. The molecule has 0 saturated carbocycles. The molecule has 0 aliphatic carbocycles. The molecular weight excluding hydrogens is 305 g/mol. The van der Waals surface area contributed by atoms with Gasteiger partial charge in [0.1, 0.15) is 0 Å². The lowest BCUT2D eigenvalue weighted by Crippen LogP contribution is -2.16.